The molecule has 0 aromatic heterocycles. The zero-order chi connectivity index (χ0) is 20.1. The van der Waals surface area contributed by atoms with E-state index in [1.807, 2.05) is 0 Å². The quantitative estimate of drug-likeness (QED) is 0.764. The molecule has 9 heteroatoms. The van der Waals surface area contributed by atoms with Crippen LogP contribution in [0.25, 0.3) is 0 Å². The third-order valence-electron chi connectivity index (χ3n) is 4.04. The lowest BCUT2D eigenvalue weighted by atomic mass is 10.1. The maximum Gasteiger partial charge on any atom is 0.407 e. The number of rotatable bonds is 5. The fourth-order valence-corrected chi connectivity index (χ4v) is 2.94. The van der Waals surface area contributed by atoms with Crippen molar-refractivity contribution in [2.24, 2.45) is 0 Å². The molecule has 0 radical (unpaired) electrons. The summed E-state index contributed by atoms with van der Waals surface area (Å²) in [5.41, 5.74) is 0.261. The molecule has 0 bridgehead atoms. The van der Waals surface area contributed by atoms with Crippen molar-refractivity contribution in [1.29, 1.82) is 0 Å². The Kier molecular flexibility index (Phi) is 6.31. The van der Waals surface area contributed by atoms with Gasteiger partial charge in [-0.3, -0.25) is 10.1 Å². The lowest BCUT2D eigenvalue weighted by molar-refractivity contribution is -0.158. The number of benzene rings is 2. The van der Waals surface area contributed by atoms with Gasteiger partial charge in [-0.1, -0.05) is 41.9 Å². The van der Waals surface area contributed by atoms with E-state index < -0.39 is 24.7 Å². The normalized spacial score (nSPS) is 14.9. The molecule has 3 rings (SSSR count). The van der Waals surface area contributed by atoms with Gasteiger partial charge < -0.3 is 14.8 Å². The van der Waals surface area contributed by atoms with E-state index in [-0.39, 0.29) is 16.3 Å². The number of fused-ring (bicyclic) bond motifs is 1. The molecule has 2 N–H and O–H groups in total. The summed E-state index contributed by atoms with van der Waals surface area (Å²) in [4.78, 5) is 12.2. The zero-order valence-corrected chi connectivity index (χ0v) is 15.4. The summed E-state index contributed by atoms with van der Waals surface area (Å²) >= 11 is 6.14. The second kappa shape index (κ2) is 8.70. The van der Waals surface area contributed by atoms with E-state index in [1.54, 1.807) is 6.07 Å². The molecule has 5 nitrogen and oxygen atoms in total. The fourth-order valence-electron chi connectivity index (χ4n) is 2.74. The predicted octanol–water partition coefficient (Wildman–Crippen LogP) is 4.33. The minimum absolute atomic E-state index is 0.0245. The lowest BCUT2D eigenvalue weighted by Gasteiger charge is -2.22. The zero-order valence-electron chi connectivity index (χ0n) is 14.7. The van der Waals surface area contributed by atoms with Crippen LogP contribution in [0, 0.1) is 0 Å². The molecule has 0 fully saturated rings. The first-order chi connectivity index (χ1) is 13.3. The third kappa shape index (κ3) is 5.08. The summed E-state index contributed by atoms with van der Waals surface area (Å²) in [5, 5.41) is 4.96. The number of anilines is 1. The smallest absolute Gasteiger partial charge is 0.407 e. The number of halogens is 4. The SMILES string of the molecule is O=C(CNC(c1ccccc1)C(F)(F)F)Nc1cc2c(cc1Cl)OCCCO2. The predicted molar refractivity (Wildman–Crippen MR) is 98.9 cm³/mol. The van der Waals surface area contributed by atoms with Gasteiger partial charge >= 0.3 is 6.18 Å². The van der Waals surface area contributed by atoms with Crippen LogP contribution in [0.5, 0.6) is 11.5 Å². The molecule has 1 unspecified atom stereocenters. The summed E-state index contributed by atoms with van der Waals surface area (Å²) < 4.78 is 51.0. The van der Waals surface area contributed by atoms with E-state index >= 15 is 0 Å². The Hall–Kier alpha value is -2.45. The number of nitrogens with one attached hydrogen (secondary N) is 2. The van der Waals surface area contributed by atoms with Crippen LogP contribution in [0.1, 0.15) is 18.0 Å². The molecule has 0 saturated carbocycles. The van der Waals surface area contributed by atoms with Crippen LogP contribution >= 0.6 is 11.6 Å². The van der Waals surface area contributed by atoms with Crippen LogP contribution in [-0.4, -0.2) is 31.8 Å². The van der Waals surface area contributed by atoms with Crippen LogP contribution in [0.4, 0.5) is 18.9 Å². The summed E-state index contributed by atoms with van der Waals surface area (Å²) in [6.07, 6.45) is -3.84. The average Bonchev–Trinajstić information content (AvgIpc) is 2.87. The first-order valence-corrected chi connectivity index (χ1v) is 8.96. The number of hydrogen-bond acceptors (Lipinski definition) is 4. The Balaban J connectivity index is 1.67. The highest BCUT2D eigenvalue weighted by molar-refractivity contribution is 6.34. The number of carbonyl (C=O) groups is 1. The van der Waals surface area contributed by atoms with Crippen molar-refractivity contribution >= 4 is 23.2 Å². The van der Waals surface area contributed by atoms with Crippen molar-refractivity contribution in [3.8, 4) is 11.5 Å². The molecule has 150 valence electrons. The van der Waals surface area contributed by atoms with Crippen molar-refractivity contribution < 1.29 is 27.4 Å². The van der Waals surface area contributed by atoms with E-state index in [0.29, 0.717) is 31.1 Å². The van der Waals surface area contributed by atoms with E-state index in [2.05, 4.69) is 10.6 Å². The van der Waals surface area contributed by atoms with E-state index in [4.69, 9.17) is 21.1 Å². The van der Waals surface area contributed by atoms with Crippen LogP contribution < -0.4 is 20.1 Å². The van der Waals surface area contributed by atoms with Crippen molar-refractivity contribution in [2.75, 3.05) is 25.1 Å². The van der Waals surface area contributed by atoms with Crippen molar-refractivity contribution in [3.05, 3.63) is 53.1 Å². The monoisotopic (exact) mass is 414 g/mol. The maximum absolute atomic E-state index is 13.3. The molecule has 2 aromatic carbocycles. The number of ether oxygens (including phenoxy) is 2. The Morgan fingerprint density at radius 3 is 2.39 bits per heavy atom. The molecule has 2 aromatic rings. The Morgan fingerprint density at radius 2 is 1.75 bits per heavy atom. The van der Waals surface area contributed by atoms with Crippen molar-refractivity contribution in [3.63, 3.8) is 0 Å². The third-order valence-corrected chi connectivity index (χ3v) is 4.35. The van der Waals surface area contributed by atoms with Crippen LogP contribution in [0.3, 0.4) is 0 Å². The molecule has 0 spiro atoms. The maximum atomic E-state index is 13.3. The van der Waals surface area contributed by atoms with Crippen LogP contribution in [0.2, 0.25) is 5.02 Å². The first-order valence-electron chi connectivity index (χ1n) is 8.58. The molecule has 1 amide bonds. The van der Waals surface area contributed by atoms with E-state index in [9.17, 15) is 18.0 Å². The molecule has 0 saturated heterocycles. The summed E-state index contributed by atoms with van der Waals surface area (Å²) in [7, 11) is 0. The van der Waals surface area contributed by atoms with Gasteiger partial charge in [-0.15, -0.1) is 0 Å². The second-order valence-corrected chi connectivity index (χ2v) is 6.55. The second-order valence-electron chi connectivity index (χ2n) is 6.14. The Bertz CT molecular complexity index is 831. The van der Waals surface area contributed by atoms with Gasteiger partial charge in [0, 0.05) is 18.6 Å². The highest BCUT2D eigenvalue weighted by Gasteiger charge is 2.40. The van der Waals surface area contributed by atoms with Gasteiger partial charge in [-0.25, -0.2) is 0 Å². The molecule has 0 aliphatic carbocycles. The van der Waals surface area contributed by atoms with Gasteiger partial charge in [-0.2, -0.15) is 13.2 Å². The van der Waals surface area contributed by atoms with Crippen molar-refractivity contribution in [1.82, 2.24) is 5.32 Å². The minimum Gasteiger partial charge on any atom is -0.490 e. The largest absolute Gasteiger partial charge is 0.490 e. The number of carbonyl (C=O) groups excluding carboxylic acids is 1. The Labute approximate surface area is 164 Å². The van der Waals surface area contributed by atoms with Crippen LogP contribution in [-0.2, 0) is 4.79 Å². The first kappa shape index (κ1) is 20.3. The summed E-state index contributed by atoms with van der Waals surface area (Å²) in [6.45, 7) is 0.384. The average molecular weight is 415 g/mol. The molecule has 1 heterocycles. The van der Waals surface area contributed by atoms with Crippen molar-refractivity contribution in [2.45, 2.75) is 18.6 Å². The topological polar surface area (TPSA) is 59.6 Å². The Morgan fingerprint density at radius 1 is 1.11 bits per heavy atom. The van der Waals surface area contributed by atoms with E-state index in [1.165, 1.54) is 36.4 Å². The minimum atomic E-state index is -4.55. The molecular formula is C19H18ClF3N2O3. The number of hydrogen-bond donors (Lipinski definition) is 2. The van der Waals surface area contributed by atoms with Gasteiger partial charge in [0.1, 0.15) is 6.04 Å². The van der Waals surface area contributed by atoms with Gasteiger partial charge in [-0.05, 0) is 5.56 Å². The van der Waals surface area contributed by atoms with Gasteiger partial charge in [0.05, 0.1) is 30.5 Å². The molecule has 1 atom stereocenters. The van der Waals surface area contributed by atoms with Crippen LogP contribution in [0.15, 0.2) is 42.5 Å². The highest BCUT2D eigenvalue weighted by Crippen LogP contribution is 2.37. The van der Waals surface area contributed by atoms with Gasteiger partial charge in [0.15, 0.2) is 11.5 Å². The molecular weight excluding hydrogens is 397 g/mol. The van der Waals surface area contributed by atoms with Gasteiger partial charge in [0.25, 0.3) is 0 Å². The van der Waals surface area contributed by atoms with Gasteiger partial charge in [0.2, 0.25) is 5.91 Å². The fraction of sp³-hybridized carbons (Fsp3) is 0.316. The summed E-state index contributed by atoms with van der Waals surface area (Å²) in [6, 6.07) is 8.38. The van der Waals surface area contributed by atoms with E-state index in [0.717, 1.165) is 0 Å². The number of alkyl halides is 3. The standard InChI is InChI=1S/C19H18ClF3N2O3/c20-13-9-15-16(28-8-4-7-27-15)10-14(13)25-17(26)11-24-18(19(21,22)23)12-5-2-1-3-6-12/h1-3,5-6,9-10,18,24H,4,7-8,11H2,(H,25,26). The highest BCUT2D eigenvalue weighted by atomic mass is 35.5. The molecule has 28 heavy (non-hydrogen) atoms. The molecule has 1 aliphatic rings. The lowest BCUT2D eigenvalue weighted by Crippen LogP contribution is -2.38. The summed E-state index contributed by atoms with van der Waals surface area (Å²) in [5.74, 6) is 0.212. The molecule has 1 aliphatic heterocycles. The number of amides is 1.